The fourth-order valence-electron chi connectivity index (χ4n) is 4.92. The van der Waals surface area contributed by atoms with Gasteiger partial charge in [-0.05, 0) is 41.8 Å². The van der Waals surface area contributed by atoms with Crippen molar-refractivity contribution in [1.29, 1.82) is 0 Å². The van der Waals surface area contributed by atoms with Gasteiger partial charge in [0.05, 0.1) is 25.3 Å². The van der Waals surface area contributed by atoms with Crippen molar-refractivity contribution >= 4 is 35.6 Å². The third kappa shape index (κ3) is 7.57. The van der Waals surface area contributed by atoms with Crippen LogP contribution in [0.25, 0.3) is 0 Å². The number of nitrogens with one attached hydrogen (secondary N) is 3. The third-order valence-corrected chi connectivity index (χ3v) is 6.95. The zero-order valence-corrected chi connectivity index (χ0v) is 23.5. The van der Waals surface area contributed by atoms with Gasteiger partial charge in [0.2, 0.25) is 5.91 Å². The molecule has 12 heteroatoms. The Morgan fingerprint density at radius 1 is 1.08 bits per heavy atom. The largest absolute Gasteiger partial charge is 0.353 e. The molecule has 0 aliphatic carbocycles. The van der Waals surface area contributed by atoms with Gasteiger partial charge in [-0.25, -0.2) is 19.2 Å². The van der Waals surface area contributed by atoms with E-state index in [2.05, 4.69) is 28.2 Å². The minimum Gasteiger partial charge on any atom is -0.353 e. The molecule has 2 aliphatic heterocycles. The zero-order valence-electron chi connectivity index (χ0n) is 22.7. The van der Waals surface area contributed by atoms with E-state index >= 15 is 0 Å². The molecule has 4 rings (SSSR count). The van der Waals surface area contributed by atoms with Gasteiger partial charge in [0.1, 0.15) is 0 Å². The van der Waals surface area contributed by atoms with Crippen LogP contribution >= 0.6 is 12.4 Å². The number of rotatable bonds is 12. The van der Waals surface area contributed by atoms with Crippen LogP contribution in [0.3, 0.4) is 0 Å². The minimum atomic E-state index is -2.50. The molecular weight excluding hydrogens is 528 g/mol. The van der Waals surface area contributed by atoms with E-state index in [9.17, 15) is 18.4 Å². The molecule has 2 aromatic carbocycles. The highest BCUT2D eigenvalue weighted by Crippen LogP contribution is 2.33. The predicted octanol–water partition coefficient (Wildman–Crippen LogP) is 2.43. The molecule has 0 saturated heterocycles. The molecule has 0 atom stereocenters. The Bertz CT molecular complexity index is 1130. The van der Waals surface area contributed by atoms with E-state index < -0.39 is 13.0 Å². The average molecular weight is 566 g/mol. The maximum Gasteiger partial charge on any atom is 0.257 e. The lowest BCUT2D eigenvalue weighted by Gasteiger charge is -2.32. The Morgan fingerprint density at radius 3 is 2.41 bits per heavy atom. The van der Waals surface area contributed by atoms with E-state index in [4.69, 9.17) is 0 Å². The SMILES string of the molecule is CCNCCNC(=O)CN(CC(=O)N(C)N1Cc2ccccc2C1)c1cc2c(cc1C)CNN2CC(F)F.Cl. The second-order valence-corrected chi connectivity index (χ2v) is 9.67. The third-order valence-electron chi connectivity index (χ3n) is 6.95. The zero-order chi connectivity index (χ0) is 27.2. The van der Waals surface area contributed by atoms with Crippen LogP contribution in [0, 0.1) is 6.92 Å². The number of anilines is 2. The van der Waals surface area contributed by atoms with Gasteiger partial charge in [-0.1, -0.05) is 37.3 Å². The summed E-state index contributed by atoms with van der Waals surface area (Å²) in [5.74, 6) is -0.380. The lowest BCUT2D eigenvalue weighted by Crippen LogP contribution is -2.48. The highest BCUT2D eigenvalue weighted by atomic mass is 35.5. The molecular formula is C27H38ClF2N7O2. The van der Waals surface area contributed by atoms with Gasteiger partial charge in [0.25, 0.3) is 12.3 Å². The molecule has 0 spiro atoms. The Hall–Kier alpha value is -2.99. The van der Waals surface area contributed by atoms with E-state index in [0.717, 1.165) is 17.7 Å². The van der Waals surface area contributed by atoms with Gasteiger partial charge in [0, 0.05) is 45.5 Å². The van der Waals surface area contributed by atoms with Crippen LogP contribution in [0.2, 0.25) is 0 Å². The summed E-state index contributed by atoms with van der Waals surface area (Å²) in [6, 6.07) is 11.8. The number of hydrogen-bond acceptors (Lipinski definition) is 7. The highest BCUT2D eigenvalue weighted by Gasteiger charge is 2.29. The monoisotopic (exact) mass is 565 g/mol. The molecule has 39 heavy (non-hydrogen) atoms. The first kappa shape index (κ1) is 30.6. The summed E-state index contributed by atoms with van der Waals surface area (Å²) in [7, 11) is 1.74. The number of carbonyl (C=O) groups excluding carboxylic acids is 2. The molecule has 0 radical (unpaired) electrons. The minimum absolute atomic E-state index is 0. The van der Waals surface area contributed by atoms with Crippen LogP contribution < -0.4 is 26.0 Å². The number of amides is 2. The number of benzene rings is 2. The Kier molecular flexibility index (Phi) is 10.9. The lowest BCUT2D eigenvalue weighted by molar-refractivity contribution is -0.145. The van der Waals surface area contributed by atoms with Crippen molar-refractivity contribution < 1.29 is 18.4 Å². The van der Waals surface area contributed by atoms with Crippen molar-refractivity contribution in [2.75, 3.05) is 56.2 Å². The maximum atomic E-state index is 13.5. The van der Waals surface area contributed by atoms with E-state index in [1.165, 1.54) is 16.1 Å². The highest BCUT2D eigenvalue weighted by molar-refractivity contribution is 5.87. The van der Waals surface area contributed by atoms with Crippen LogP contribution in [0.5, 0.6) is 0 Å². The smallest absolute Gasteiger partial charge is 0.257 e. The van der Waals surface area contributed by atoms with E-state index in [0.29, 0.717) is 44.1 Å². The summed E-state index contributed by atoms with van der Waals surface area (Å²) in [5, 5.41) is 11.1. The molecule has 0 fully saturated rings. The summed E-state index contributed by atoms with van der Waals surface area (Å²) in [5.41, 5.74) is 8.45. The van der Waals surface area contributed by atoms with Crippen LogP contribution in [-0.2, 0) is 29.2 Å². The molecule has 2 amide bonds. The van der Waals surface area contributed by atoms with Gasteiger partial charge in [0.15, 0.2) is 0 Å². The summed E-state index contributed by atoms with van der Waals surface area (Å²) in [6.45, 7) is 7.02. The summed E-state index contributed by atoms with van der Waals surface area (Å²) in [4.78, 5) is 28.1. The molecule has 2 aromatic rings. The van der Waals surface area contributed by atoms with Gasteiger partial charge < -0.3 is 20.5 Å². The fraction of sp³-hybridized carbons (Fsp3) is 0.481. The van der Waals surface area contributed by atoms with Crippen LogP contribution in [0.1, 0.15) is 29.2 Å². The van der Waals surface area contributed by atoms with E-state index in [-0.39, 0.29) is 37.3 Å². The van der Waals surface area contributed by atoms with Crippen molar-refractivity contribution in [3.8, 4) is 0 Å². The predicted molar refractivity (Wildman–Crippen MR) is 151 cm³/mol. The molecule has 9 nitrogen and oxygen atoms in total. The van der Waals surface area contributed by atoms with Crippen molar-refractivity contribution in [3.05, 3.63) is 58.7 Å². The van der Waals surface area contributed by atoms with Crippen molar-refractivity contribution in [1.82, 2.24) is 26.1 Å². The number of hydrazine groups is 2. The van der Waals surface area contributed by atoms with Gasteiger partial charge in [-0.15, -0.1) is 12.4 Å². The number of aryl methyl sites for hydroxylation is 1. The first-order valence-corrected chi connectivity index (χ1v) is 13.0. The molecule has 214 valence electrons. The van der Waals surface area contributed by atoms with E-state index in [1.54, 1.807) is 23.0 Å². The molecule has 2 heterocycles. The van der Waals surface area contributed by atoms with Gasteiger partial charge in [-0.2, -0.15) is 0 Å². The van der Waals surface area contributed by atoms with Crippen molar-refractivity contribution in [2.45, 2.75) is 39.9 Å². The number of carbonyl (C=O) groups is 2. The second kappa shape index (κ2) is 13.9. The topological polar surface area (TPSA) is 83.2 Å². The number of hydrogen-bond donors (Lipinski definition) is 3. The maximum absolute atomic E-state index is 13.5. The number of halogens is 3. The van der Waals surface area contributed by atoms with E-state index in [1.807, 2.05) is 37.1 Å². The van der Waals surface area contributed by atoms with Crippen molar-refractivity contribution in [2.24, 2.45) is 0 Å². The fourth-order valence-corrected chi connectivity index (χ4v) is 4.92. The number of nitrogens with zero attached hydrogens (tertiary/aromatic N) is 4. The molecule has 2 aliphatic rings. The molecule has 3 N–H and O–H groups in total. The van der Waals surface area contributed by atoms with Crippen LogP contribution in [-0.4, -0.2) is 74.6 Å². The molecule has 0 aromatic heterocycles. The lowest BCUT2D eigenvalue weighted by atomic mass is 10.1. The molecule has 0 bridgehead atoms. The Labute approximate surface area is 234 Å². The summed E-state index contributed by atoms with van der Waals surface area (Å²) in [6.07, 6.45) is -2.50. The number of alkyl halides is 2. The first-order chi connectivity index (χ1) is 18.3. The normalized spacial score (nSPS) is 14.2. The Balaban J connectivity index is 0.00000420. The summed E-state index contributed by atoms with van der Waals surface area (Å²) < 4.78 is 26.3. The Morgan fingerprint density at radius 2 is 1.77 bits per heavy atom. The summed E-state index contributed by atoms with van der Waals surface area (Å²) >= 11 is 0. The van der Waals surface area contributed by atoms with Gasteiger partial charge >= 0.3 is 0 Å². The number of likely N-dealkylation sites (N-methyl/N-ethyl adjacent to an activating group) is 2. The standard InChI is InChI=1S/C27H37F2N7O2.ClH/c1-4-30-9-10-31-26(37)17-34(18-27(38)33(3)35-14-20-7-5-6-8-21(20)15-35)23-12-24-22(11-19(23)2)13-32-36(24)16-25(28)29;/h5-8,11-12,25,30,32H,4,9-10,13-18H2,1-3H3,(H,31,37);1H. The molecule has 0 unspecified atom stereocenters. The van der Waals surface area contributed by atoms with Crippen LogP contribution in [0.15, 0.2) is 36.4 Å². The van der Waals surface area contributed by atoms with Gasteiger partial charge in [-0.3, -0.25) is 14.6 Å². The number of fused-ring (bicyclic) bond motifs is 2. The van der Waals surface area contributed by atoms with Crippen molar-refractivity contribution in [3.63, 3.8) is 0 Å². The quantitative estimate of drug-likeness (QED) is 0.341. The average Bonchev–Trinajstić information content (AvgIpc) is 3.48. The molecule has 0 saturated carbocycles. The first-order valence-electron chi connectivity index (χ1n) is 13.0. The second-order valence-electron chi connectivity index (χ2n) is 9.67. The van der Waals surface area contributed by atoms with Crippen LogP contribution in [0.4, 0.5) is 20.2 Å².